The first-order valence-corrected chi connectivity index (χ1v) is 15.0. The lowest BCUT2D eigenvalue weighted by Gasteiger charge is -2.45. The van der Waals surface area contributed by atoms with Crippen molar-refractivity contribution in [3.63, 3.8) is 0 Å². The summed E-state index contributed by atoms with van der Waals surface area (Å²) in [7, 11) is 3.09. The Morgan fingerprint density at radius 3 is 1.87 bits per heavy atom. The van der Waals surface area contributed by atoms with Gasteiger partial charge in [-0.25, -0.2) is 9.59 Å². The monoisotopic (exact) mass is 638 g/mol. The van der Waals surface area contributed by atoms with Crippen LogP contribution in [0.4, 0.5) is 18.0 Å². The summed E-state index contributed by atoms with van der Waals surface area (Å²) in [6, 6.07) is 16.1. The summed E-state index contributed by atoms with van der Waals surface area (Å²) in [5.41, 5.74) is 2.60. The van der Waals surface area contributed by atoms with Crippen LogP contribution in [0.25, 0.3) is 0 Å². The molecule has 0 bridgehead atoms. The highest BCUT2D eigenvalue weighted by atomic mass is 19.4. The summed E-state index contributed by atoms with van der Waals surface area (Å²) >= 11 is 0. The number of carboxylic acids is 1. The number of methoxy groups -OCH3 is 2. The van der Waals surface area contributed by atoms with Crippen LogP contribution < -0.4 is 15.2 Å². The molecule has 1 aliphatic heterocycles. The summed E-state index contributed by atoms with van der Waals surface area (Å²) < 4.78 is 48.2. The number of benzene rings is 2. The largest absolute Gasteiger partial charge is 0.542 e. The normalized spacial score (nSPS) is 18.2. The van der Waals surface area contributed by atoms with Crippen molar-refractivity contribution in [3.8, 4) is 5.75 Å². The molecule has 1 saturated heterocycles. The van der Waals surface area contributed by atoms with Gasteiger partial charge in [0.15, 0.2) is 0 Å². The molecule has 2 unspecified atom stereocenters. The predicted octanol–water partition coefficient (Wildman–Crippen LogP) is 4.85. The van der Waals surface area contributed by atoms with Crippen LogP contribution in [0.15, 0.2) is 48.5 Å². The van der Waals surface area contributed by atoms with E-state index in [1.807, 2.05) is 57.2 Å². The Bertz CT molecular complexity index is 1230. The summed E-state index contributed by atoms with van der Waals surface area (Å²) in [5.74, 6) is -2.44. The maximum absolute atomic E-state index is 12.5. The number of halogens is 3. The van der Waals surface area contributed by atoms with E-state index < -0.39 is 17.7 Å². The average Bonchev–Trinajstić information content (AvgIpc) is 2.96. The molecule has 9 nitrogen and oxygen atoms in total. The van der Waals surface area contributed by atoms with Gasteiger partial charge in [-0.1, -0.05) is 24.3 Å². The number of likely N-dealkylation sites (tertiary alicyclic amines) is 1. The molecule has 2 aromatic carbocycles. The van der Waals surface area contributed by atoms with Gasteiger partial charge < -0.3 is 33.9 Å². The minimum absolute atomic E-state index is 0.110. The van der Waals surface area contributed by atoms with Crippen LogP contribution in [0.3, 0.4) is 0 Å². The molecule has 2 atom stereocenters. The molecule has 250 valence electrons. The number of alkyl halides is 3. The number of esters is 1. The first-order valence-electron chi connectivity index (χ1n) is 15.0. The van der Waals surface area contributed by atoms with Gasteiger partial charge in [-0.05, 0) is 81.8 Å². The lowest BCUT2D eigenvalue weighted by molar-refractivity contribution is -0.933. The van der Waals surface area contributed by atoms with E-state index in [9.17, 15) is 22.8 Å². The van der Waals surface area contributed by atoms with Crippen molar-refractivity contribution >= 4 is 18.0 Å². The molecule has 0 aromatic heterocycles. The maximum Gasteiger partial charge on any atom is 0.430 e. The third-order valence-corrected chi connectivity index (χ3v) is 7.47. The van der Waals surface area contributed by atoms with Crippen LogP contribution in [0, 0.1) is 0 Å². The Morgan fingerprint density at radius 1 is 0.911 bits per heavy atom. The Hall–Kier alpha value is -3.80. The van der Waals surface area contributed by atoms with E-state index in [4.69, 9.17) is 24.1 Å². The first kappa shape index (κ1) is 37.4. The number of aryl methyl sites for hydroxylation is 2. The SMILES string of the molecule is COC(=O)c1ccc(CCC[N+]2(CCCc3ccc(OC)cc3)CCCC(NC(=O)OC(C)(C)C)C2)cc1.O=C([O-])C(F)(F)F. The van der Waals surface area contributed by atoms with Gasteiger partial charge >= 0.3 is 18.2 Å². The van der Waals surface area contributed by atoms with E-state index in [1.165, 1.54) is 18.2 Å². The number of nitrogens with one attached hydrogen (secondary N) is 1. The van der Waals surface area contributed by atoms with Gasteiger partial charge in [-0.3, -0.25) is 0 Å². The van der Waals surface area contributed by atoms with Crippen molar-refractivity contribution in [1.29, 1.82) is 0 Å². The van der Waals surface area contributed by atoms with Crippen molar-refractivity contribution in [1.82, 2.24) is 5.32 Å². The summed E-state index contributed by atoms with van der Waals surface area (Å²) in [5, 5.41) is 11.9. The van der Waals surface area contributed by atoms with Crippen molar-refractivity contribution in [2.24, 2.45) is 0 Å². The summed E-state index contributed by atoms with van der Waals surface area (Å²) in [4.78, 5) is 33.0. The molecule has 1 aliphatic rings. The summed E-state index contributed by atoms with van der Waals surface area (Å²) in [6.45, 7) is 9.84. The Labute approximate surface area is 263 Å². The topological polar surface area (TPSA) is 114 Å². The number of nitrogens with zero attached hydrogens (tertiary/aromatic N) is 1. The molecule has 1 fully saturated rings. The van der Waals surface area contributed by atoms with Gasteiger partial charge in [0.05, 0.1) is 52.0 Å². The van der Waals surface area contributed by atoms with Gasteiger partial charge in [0.25, 0.3) is 0 Å². The van der Waals surface area contributed by atoms with Crippen LogP contribution in [0.1, 0.15) is 67.9 Å². The Kier molecular flexibility index (Phi) is 14.2. The zero-order valence-electron chi connectivity index (χ0n) is 26.7. The minimum Gasteiger partial charge on any atom is -0.542 e. The standard InChI is InChI=1S/C31H44N2O5.C2HF3O2/c1-31(2,3)38-30(35)32-27-11-8-22-33(23-27,21-7-10-25-14-18-28(36-4)19-15-25)20-6-9-24-12-16-26(17-13-24)29(34)37-5;3-2(4,5)1(6)7/h12-19,27H,6-11,20-23H2,1-5H3;(H,6,7). The van der Waals surface area contributed by atoms with Crippen LogP contribution >= 0.6 is 0 Å². The van der Waals surface area contributed by atoms with Crippen molar-refractivity contribution < 1.29 is 51.4 Å². The molecular weight excluding hydrogens is 593 g/mol. The van der Waals surface area contributed by atoms with E-state index in [2.05, 4.69) is 17.4 Å². The Balaban J connectivity index is 0.000000900. The van der Waals surface area contributed by atoms with Crippen LogP contribution in [-0.4, -0.2) is 80.7 Å². The smallest absolute Gasteiger partial charge is 0.430 e. The van der Waals surface area contributed by atoms with Crippen LogP contribution in [0.2, 0.25) is 0 Å². The quantitative estimate of drug-likeness (QED) is 0.277. The molecule has 45 heavy (non-hydrogen) atoms. The number of ether oxygens (including phenoxy) is 3. The second-order valence-corrected chi connectivity index (χ2v) is 12.2. The molecule has 3 rings (SSSR count). The molecule has 2 aromatic rings. The fourth-order valence-corrected chi connectivity index (χ4v) is 5.39. The Morgan fingerprint density at radius 2 is 1.42 bits per heavy atom. The molecule has 1 heterocycles. The second-order valence-electron chi connectivity index (χ2n) is 12.2. The third-order valence-electron chi connectivity index (χ3n) is 7.47. The molecule has 1 amide bonds. The number of aliphatic carboxylic acids is 1. The highest BCUT2D eigenvalue weighted by Gasteiger charge is 2.35. The average molecular weight is 639 g/mol. The lowest BCUT2D eigenvalue weighted by atomic mass is 9.99. The van der Waals surface area contributed by atoms with Crippen molar-refractivity contribution in [3.05, 3.63) is 65.2 Å². The number of hydrogen-bond donors (Lipinski definition) is 1. The van der Waals surface area contributed by atoms with Crippen LogP contribution in [-0.2, 0) is 27.1 Å². The molecule has 0 radical (unpaired) electrons. The highest BCUT2D eigenvalue weighted by Crippen LogP contribution is 2.24. The van der Waals surface area contributed by atoms with Gasteiger partial charge in [0, 0.05) is 12.8 Å². The molecular formula is C33H45F3N2O7. The van der Waals surface area contributed by atoms with E-state index in [1.54, 1.807) is 7.11 Å². The molecule has 0 saturated carbocycles. The van der Waals surface area contributed by atoms with Gasteiger partial charge in [-0.15, -0.1) is 0 Å². The molecule has 1 N–H and O–H groups in total. The summed E-state index contributed by atoms with van der Waals surface area (Å²) in [6.07, 6.45) is 0.626. The number of piperidine rings is 1. The molecule has 0 spiro atoms. The number of amides is 1. The van der Waals surface area contributed by atoms with Gasteiger partial charge in [0.2, 0.25) is 0 Å². The number of rotatable bonds is 11. The van der Waals surface area contributed by atoms with Crippen LogP contribution in [0.5, 0.6) is 5.75 Å². The number of carboxylic acid groups (broad SMARTS) is 1. The number of hydrogen-bond acceptors (Lipinski definition) is 7. The van der Waals surface area contributed by atoms with E-state index in [0.717, 1.165) is 74.9 Å². The van der Waals surface area contributed by atoms with Gasteiger partial charge in [0.1, 0.15) is 17.3 Å². The fourth-order valence-electron chi connectivity index (χ4n) is 5.39. The van der Waals surface area contributed by atoms with E-state index in [0.29, 0.717) is 5.56 Å². The third kappa shape index (κ3) is 13.8. The molecule has 12 heteroatoms. The predicted molar refractivity (Wildman–Crippen MR) is 161 cm³/mol. The van der Waals surface area contributed by atoms with Crippen molar-refractivity contribution in [2.75, 3.05) is 40.4 Å². The van der Waals surface area contributed by atoms with E-state index >= 15 is 0 Å². The minimum atomic E-state index is -5.19. The lowest BCUT2D eigenvalue weighted by Crippen LogP contribution is -2.60. The highest BCUT2D eigenvalue weighted by molar-refractivity contribution is 5.89. The molecule has 0 aliphatic carbocycles. The number of alkyl carbamates (subject to hydrolysis) is 1. The number of carbonyl (C=O) groups excluding carboxylic acids is 3. The van der Waals surface area contributed by atoms with E-state index in [-0.39, 0.29) is 18.1 Å². The second kappa shape index (κ2) is 17.0. The zero-order valence-corrected chi connectivity index (χ0v) is 26.7. The maximum atomic E-state index is 12.5. The number of quaternary nitrogens is 1. The number of carbonyl (C=O) groups is 3. The first-order chi connectivity index (χ1) is 21.1. The van der Waals surface area contributed by atoms with Gasteiger partial charge in [-0.2, -0.15) is 13.2 Å². The zero-order chi connectivity index (χ0) is 33.7. The fraction of sp³-hybridized carbons (Fsp3) is 0.545. The van der Waals surface area contributed by atoms with Crippen molar-refractivity contribution in [2.45, 2.75) is 77.1 Å².